The van der Waals surface area contributed by atoms with Crippen molar-refractivity contribution in [3.63, 3.8) is 0 Å². The second-order valence-corrected chi connectivity index (χ2v) is 11.6. The first kappa shape index (κ1) is 29.8. The molecule has 11 heteroatoms. The first-order valence-corrected chi connectivity index (χ1v) is 14.9. The lowest BCUT2D eigenvalue weighted by Crippen LogP contribution is -2.40. The van der Waals surface area contributed by atoms with Crippen molar-refractivity contribution in [2.45, 2.75) is 26.5 Å². The van der Waals surface area contributed by atoms with Gasteiger partial charge in [0.1, 0.15) is 18.5 Å². The lowest BCUT2D eigenvalue weighted by molar-refractivity contribution is -0.139. The fraction of sp³-hybridized carbons (Fsp3) is 0.194. The number of carbonyl (C=O) groups is 1. The van der Waals surface area contributed by atoms with Gasteiger partial charge in [-0.25, -0.2) is 14.2 Å². The van der Waals surface area contributed by atoms with Gasteiger partial charge in [0.15, 0.2) is 16.3 Å². The summed E-state index contributed by atoms with van der Waals surface area (Å²) < 4.78 is 33.8. The number of fused-ring (bicyclic) bond motifs is 1. The molecule has 2 heterocycles. The third-order valence-corrected chi connectivity index (χ3v) is 8.39. The van der Waals surface area contributed by atoms with E-state index >= 15 is 0 Å². The zero-order valence-corrected chi connectivity index (χ0v) is 26.0. The highest BCUT2D eigenvalue weighted by Gasteiger charge is 2.34. The predicted octanol–water partition coefficient (Wildman–Crippen LogP) is 5.94. The molecule has 5 rings (SSSR count). The molecule has 216 valence electrons. The van der Waals surface area contributed by atoms with E-state index in [9.17, 15) is 14.0 Å². The Labute approximate surface area is 258 Å². The van der Waals surface area contributed by atoms with Crippen molar-refractivity contribution < 1.29 is 23.4 Å². The molecule has 1 atom stereocenters. The van der Waals surface area contributed by atoms with E-state index in [-0.39, 0.29) is 24.3 Å². The van der Waals surface area contributed by atoms with Crippen LogP contribution in [0.5, 0.6) is 11.5 Å². The van der Waals surface area contributed by atoms with Gasteiger partial charge in [0, 0.05) is 20.6 Å². The molecule has 0 bridgehead atoms. The normalized spacial score (nSPS) is 14.8. The van der Waals surface area contributed by atoms with Gasteiger partial charge in [-0.05, 0) is 49.8 Å². The van der Waals surface area contributed by atoms with E-state index in [0.717, 1.165) is 11.3 Å². The van der Waals surface area contributed by atoms with Crippen molar-refractivity contribution in [3.8, 4) is 11.5 Å². The summed E-state index contributed by atoms with van der Waals surface area (Å²) >= 11 is 11.2. The van der Waals surface area contributed by atoms with Gasteiger partial charge in [-0.2, -0.15) is 0 Å². The number of halogens is 3. The number of nitrogens with zero attached hydrogens (tertiary/aromatic N) is 2. The predicted molar refractivity (Wildman–Crippen MR) is 163 cm³/mol. The van der Waals surface area contributed by atoms with Gasteiger partial charge in [-0.3, -0.25) is 9.36 Å². The molecule has 1 aliphatic rings. The zero-order valence-electron chi connectivity index (χ0n) is 22.8. The lowest BCUT2D eigenvalue weighted by atomic mass is 9.96. The molecular weight excluding hydrogens is 647 g/mol. The van der Waals surface area contributed by atoms with Crippen molar-refractivity contribution in [3.05, 3.63) is 124 Å². The molecule has 7 nitrogen and oxygen atoms in total. The number of carbonyl (C=O) groups excluding carboxylic acids is 1. The maximum absolute atomic E-state index is 14.3. The summed E-state index contributed by atoms with van der Waals surface area (Å²) in [7, 11) is 1.50. The van der Waals surface area contributed by atoms with Crippen LogP contribution >= 0.6 is 38.9 Å². The van der Waals surface area contributed by atoms with Crippen LogP contribution in [-0.2, 0) is 16.1 Å². The van der Waals surface area contributed by atoms with Crippen molar-refractivity contribution in [2.75, 3.05) is 13.7 Å². The molecular formula is C31H25BrClFN2O5S. The van der Waals surface area contributed by atoms with Crippen LogP contribution in [0.25, 0.3) is 6.08 Å². The molecule has 0 amide bonds. The molecule has 0 fully saturated rings. The van der Waals surface area contributed by atoms with Gasteiger partial charge in [-0.1, -0.05) is 75.3 Å². The van der Waals surface area contributed by atoms with Crippen LogP contribution in [0.4, 0.5) is 4.39 Å². The van der Waals surface area contributed by atoms with Gasteiger partial charge in [0.2, 0.25) is 0 Å². The molecule has 0 saturated heterocycles. The molecule has 0 saturated carbocycles. The molecule has 1 aliphatic heterocycles. The van der Waals surface area contributed by atoms with Crippen LogP contribution < -0.4 is 24.4 Å². The number of thiazole rings is 1. The molecule has 3 aromatic carbocycles. The fourth-order valence-corrected chi connectivity index (χ4v) is 6.42. The van der Waals surface area contributed by atoms with Crippen molar-refractivity contribution >= 4 is 50.9 Å². The number of hydrogen-bond acceptors (Lipinski definition) is 7. The van der Waals surface area contributed by atoms with Gasteiger partial charge in [0.25, 0.3) is 5.56 Å². The molecule has 4 aromatic rings. The Morgan fingerprint density at radius 1 is 1.19 bits per heavy atom. The Morgan fingerprint density at radius 3 is 2.64 bits per heavy atom. The summed E-state index contributed by atoms with van der Waals surface area (Å²) in [5.41, 5.74) is 1.76. The fourth-order valence-electron chi connectivity index (χ4n) is 4.69. The molecule has 42 heavy (non-hydrogen) atoms. The molecule has 0 aliphatic carbocycles. The zero-order chi connectivity index (χ0) is 30.0. The summed E-state index contributed by atoms with van der Waals surface area (Å²) in [4.78, 5) is 32.2. The van der Waals surface area contributed by atoms with Gasteiger partial charge in [-0.15, -0.1) is 0 Å². The molecule has 0 unspecified atom stereocenters. The number of rotatable bonds is 8. The van der Waals surface area contributed by atoms with E-state index in [2.05, 4.69) is 20.9 Å². The largest absolute Gasteiger partial charge is 0.493 e. The summed E-state index contributed by atoms with van der Waals surface area (Å²) in [6, 6.07) is 16.0. The number of hydrogen-bond donors (Lipinski definition) is 0. The van der Waals surface area contributed by atoms with Crippen molar-refractivity contribution in [2.24, 2.45) is 4.99 Å². The standard InChI is InChI=1S/C31H25BrClFN2O5S/c1-4-40-30(38)26-17(2)35-31-36(27(26)21-10-6-7-11-22(21)33)29(37)25(42-31)14-19-13-20(32)15-24(39-3)28(19)41-16-18-9-5-8-12-23(18)34/h5-15,27H,4,16H2,1-3H3/b25-14-/t27-/m1/s1. The Bertz CT molecular complexity index is 1900. The average Bonchev–Trinajstić information content (AvgIpc) is 3.26. The Balaban J connectivity index is 1.68. The molecule has 0 N–H and O–H groups in total. The van der Waals surface area contributed by atoms with Crippen molar-refractivity contribution in [1.82, 2.24) is 4.57 Å². The highest BCUT2D eigenvalue weighted by molar-refractivity contribution is 9.10. The second kappa shape index (κ2) is 12.6. The molecule has 0 spiro atoms. The monoisotopic (exact) mass is 670 g/mol. The number of ether oxygens (including phenoxy) is 3. The third-order valence-electron chi connectivity index (χ3n) is 6.60. The summed E-state index contributed by atoms with van der Waals surface area (Å²) in [5.74, 6) is -0.232. The van der Waals surface area contributed by atoms with E-state index in [4.69, 9.17) is 25.8 Å². The van der Waals surface area contributed by atoms with Crippen LogP contribution in [0.3, 0.4) is 0 Å². The average molecular weight is 672 g/mol. The number of methoxy groups -OCH3 is 1. The maximum atomic E-state index is 14.3. The number of esters is 1. The Morgan fingerprint density at radius 2 is 1.93 bits per heavy atom. The Kier molecular flexibility index (Phi) is 8.96. The first-order valence-electron chi connectivity index (χ1n) is 12.9. The Hall–Kier alpha value is -3.73. The smallest absolute Gasteiger partial charge is 0.338 e. The lowest BCUT2D eigenvalue weighted by Gasteiger charge is -2.25. The van der Waals surface area contributed by atoms with E-state index in [1.165, 1.54) is 17.7 Å². The SMILES string of the molecule is CCOC(=O)C1=C(C)N=c2s/c(=C\c3cc(Br)cc(OC)c3OCc3ccccc3F)c(=O)n2[C@@H]1c1ccccc1Cl. The van der Waals surface area contributed by atoms with E-state index in [0.29, 0.717) is 52.7 Å². The first-order chi connectivity index (χ1) is 20.2. The third kappa shape index (κ3) is 5.79. The highest BCUT2D eigenvalue weighted by atomic mass is 79.9. The molecule has 1 aromatic heterocycles. The van der Waals surface area contributed by atoms with Crippen LogP contribution in [0.1, 0.15) is 36.6 Å². The van der Waals surface area contributed by atoms with E-state index < -0.39 is 17.8 Å². The van der Waals surface area contributed by atoms with Crippen LogP contribution in [0.15, 0.2) is 86.2 Å². The van der Waals surface area contributed by atoms with Gasteiger partial charge in [0.05, 0.1) is 29.5 Å². The minimum absolute atomic E-state index is 0.0542. The maximum Gasteiger partial charge on any atom is 0.338 e. The van der Waals surface area contributed by atoms with Gasteiger partial charge >= 0.3 is 5.97 Å². The topological polar surface area (TPSA) is 79.1 Å². The van der Waals surface area contributed by atoms with Crippen LogP contribution in [0, 0.1) is 5.82 Å². The minimum Gasteiger partial charge on any atom is -0.493 e. The van der Waals surface area contributed by atoms with E-state index in [1.54, 1.807) is 74.5 Å². The number of allylic oxidation sites excluding steroid dienone is 1. The number of aromatic nitrogens is 1. The second-order valence-electron chi connectivity index (χ2n) is 9.23. The summed E-state index contributed by atoms with van der Waals surface area (Å²) in [6.45, 7) is 3.53. The van der Waals surface area contributed by atoms with E-state index in [1.807, 2.05) is 0 Å². The molecule has 0 radical (unpaired) electrons. The summed E-state index contributed by atoms with van der Waals surface area (Å²) in [6.07, 6.45) is 1.67. The summed E-state index contributed by atoms with van der Waals surface area (Å²) in [5, 5.41) is 0.397. The minimum atomic E-state index is -0.843. The van der Waals surface area contributed by atoms with Gasteiger partial charge < -0.3 is 14.2 Å². The number of benzene rings is 3. The van der Waals surface area contributed by atoms with Crippen LogP contribution in [0.2, 0.25) is 5.02 Å². The quantitative estimate of drug-likeness (QED) is 0.217. The van der Waals surface area contributed by atoms with Crippen molar-refractivity contribution in [1.29, 1.82) is 0 Å². The van der Waals surface area contributed by atoms with Crippen LogP contribution in [-0.4, -0.2) is 24.3 Å². The highest BCUT2D eigenvalue weighted by Crippen LogP contribution is 2.37.